The van der Waals surface area contributed by atoms with Crippen molar-refractivity contribution in [1.82, 2.24) is 5.32 Å². The van der Waals surface area contributed by atoms with Crippen LogP contribution in [0.15, 0.2) is 60.8 Å². The van der Waals surface area contributed by atoms with E-state index in [-0.39, 0.29) is 19.1 Å². The second-order valence-corrected chi connectivity index (χ2v) is 21.0. The largest absolute Gasteiger partial charge is 0.756 e. The van der Waals surface area contributed by atoms with Gasteiger partial charge in [-0.05, 0) is 57.8 Å². The molecule has 0 saturated carbocycles. The number of aliphatic hydroxyl groups is 1. The standard InChI is InChI=1S/C56H105N2O6P/c1-6-8-10-12-14-16-18-20-22-24-25-26-27-28-29-30-31-32-33-34-36-38-40-42-44-46-48-50-56(60)57-54(53-64-65(61,62)63-52-51-58(3,4)5)55(59)49-47-45-43-41-39-37-35-23-21-19-17-15-13-11-9-7-2/h8,10,14,16,20,22,25-26,47,49,54-55,59H,6-7,9,11-13,15,17-19,21,23-24,27-46,48,50-53H2,1-5H3,(H-,57,60,61,62)/b10-8-,16-14-,22-20-,26-25-,49-47+. The molecule has 65 heavy (non-hydrogen) atoms. The Balaban J connectivity index is 4.20. The van der Waals surface area contributed by atoms with Crippen LogP contribution in [0.1, 0.15) is 239 Å². The van der Waals surface area contributed by atoms with Gasteiger partial charge in [-0.3, -0.25) is 9.36 Å². The Morgan fingerprint density at radius 1 is 0.554 bits per heavy atom. The number of allylic oxidation sites excluding steroid dienone is 9. The summed E-state index contributed by atoms with van der Waals surface area (Å²) in [7, 11) is 1.26. The maximum Gasteiger partial charge on any atom is 0.268 e. The Morgan fingerprint density at radius 3 is 1.37 bits per heavy atom. The third-order valence-electron chi connectivity index (χ3n) is 12.0. The van der Waals surface area contributed by atoms with Crippen LogP contribution in [-0.2, 0) is 18.4 Å². The number of phosphoric acid groups is 1. The average Bonchev–Trinajstić information content (AvgIpc) is 3.26. The van der Waals surface area contributed by atoms with Crippen LogP contribution in [0.4, 0.5) is 0 Å². The number of aliphatic hydroxyl groups excluding tert-OH is 1. The molecule has 0 aromatic heterocycles. The van der Waals surface area contributed by atoms with Crippen molar-refractivity contribution in [2.45, 2.75) is 251 Å². The molecular formula is C56H105N2O6P. The molecular weight excluding hydrogens is 828 g/mol. The van der Waals surface area contributed by atoms with E-state index in [1.165, 1.54) is 154 Å². The quantitative estimate of drug-likeness (QED) is 0.0272. The van der Waals surface area contributed by atoms with E-state index in [9.17, 15) is 19.4 Å². The summed E-state index contributed by atoms with van der Waals surface area (Å²) in [6, 6.07) is -0.888. The zero-order valence-electron chi connectivity index (χ0n) is 43.2. The second kappa shape index (κ2) is 47.3. The van der Waals surface area contributed by atoms with Crippen LogP contribution in [0.3, 0.4) is 0 Å². The molecule has 3 atom stereocenters. The number of unbranched alkanes of at least 4 members (excludes halogenated alkanes) is 28. The minimum Gasteiger partial charge on any atom is -0.756 e. The van der Waals surface area contributed by atoms with Gasteiger partial charge >= 0.3 is 0 Å². The smallest absolute Gasteiger partial charge is 0.268 e. The van der Waals surface area contributed by atoms with Crippen LogP contribution in [-0.4, -0.2) is 68.5 Å². The van der Waals surface area contributed by atoms with Crippen LogP contribution >= 0.6 is 7.82 Å². The molecule has 0 heterocycles. The summed E-state index contributed by atoms with van der Waals surface area (Å²) in [5, 5.41) is 13.9. The summed E-state index contributed by atoms with van der Waals surface area (Å²) in [5.74, 6) is -0.199. The van der Waals surface area contributed by atoms with Gasteiger partial charge in [-0.1, -0.05) is 235 Å². The molecule has 0 rings (SSSR count). The lowest BCUT2D eigenvalue weighted by Gasteiger charge is -2.29. The second-order valence-electron chi connectivity index (χ2n) is 19.6. The third-order valence-corrected chi connectivity index (χ3v) is 12.9. The minimum absolute atomic E-state index is 0.00206. The molecule has 0 aromatic rings. The topological polar surface area (TPSA) is 108 Å². The molecule has 0 aromatic carbocycles. The van der Waals surface area contributed by atoms with Gasteiger partial charge in [0.2, 0.25) is 5.91 Å². The van der Waals surface area contributed by atoms with Gasteiger partial charge in [0.15, 0.2) is 0 Å². The van der Waals surface area contributed by atoms with Gasteiger partial charge < -0.3 is 28.8 Å². The Morgan fingerprint density at radius 2 is 0.938 bits per heavy atom. The first kappa shape index (κ1) is 63.2. The molecule has 2 N–H and O–H groups in total. The lowest BCUT2D eigenvalue weighted by Crippen LogP contribution is -2.45. The van der Waals surface area contributed by atoms with Gasteiger partial charge in [0, 0.05) is 6.42 Å². The van der Waals surface area contributed by atoms with Crippen molar-refractivity contribution >= 4 is 13.7 Å². The summed E-state index contributed by atoms with van der Waals surface area (Å²) in [6.07, 6.45) is 62.8. The number of hydrogen-bond donors (Lipinski definition) is 2. The van der Waals surface area contributed by atoms with E-state index in [1.54, 1.807) is 6.08 Å². The number of rotatable bonds is 49. The fraction of sp³-hybridized carbons (Fsp3) is 0.804. The van der Waals surface area contributed by atoms with Crippen LogP contribution in [0.2, 0.25) is 0 Å². The highest BCUT2D eigenvalue weighted by molar-refractivity contribution is 7.45. The lowest BCUT2D eigenvalue weighted by molar-refractivity contribution is -0.870. The van der Waals surface area contributed by atoms with Crippen molar-refractivity contribution < 1.29 is 32.9 Å². The van der Waals surface area contributed by atoms with E-state index in [1.807, 2.05) is 27.2 Å². The molecule has 3 unspecified atom stereocenters. The number of quaternary nitrogens is 1. The lowest BCUT2D eigenvalue weighted by atomic mass is 10.0. The fourth-order valence-electron chi connectivity index (χ4n) is 7.73. The number of hydrogen-bond acceptors (Lipinski definition) is 6. The van der Waals surface area contributed by atoms with Gasteiger partial charge in [0.1, 0.15) is 13.2 Å². The fourth-order valence-corrected chi connectivity index (χ4v) is 8.46. The van der Waals surface area contributed by atoms with E-state index >= 15 is 0 Å². The molecule has 0 fully saturated rings. The zero-order chi connectivity index (χ0) is 47.8. The molecule has 0 saturated heterocycles. The average molecular weight is 933 g/mol. The van der Waals surface area contributed by atoms with E-state index < -0.39 is 20.0 Å². The molecule has 0 aliphatic heterocycles. The Bertz CT molecular complexity index is 1240. The monoisotopic (exact) mass is 933 g/mol. The molecule has 380 valence electrons. The number of amides is 1. The predicted octanol–water partition coefficient (Wildman–Crippen LogP) is 15.5. The van der Waals surface area contributed by atoms with Gasteiger partial charge in [0.25, 0.3) is 7.82 Å². The molecule has 0 spiro atoms. The van der Waals surface area contributed by atoms with E-state index in [0.717, 1.165) is 64.2 Å². The highest BCUT2D eigenvalue weighted by atomic mass is 31.2. The van der Waals surface area contributed by atoms with E-state index in [2.05, 4.69) is 67.8 Å². The maximum atomic E-state index is 12.9. The minimum atomic E-state index is -4.59. The number of likely N-dealkylation sites (N-methyl/N-ethyl adjacent to an activating group) is 1. The number of phosphoric ester groups is 1. The summed E-state index contributed by atoms with van der Waals surface area (Å²) in [6.45, 7) is 4.55. The van der Waals surface area contributed by atoms with Gasteiger partial charge in [-0.2, -0.15) is 0 Å². The highest BCUT2D eigenvalue weighted by Gasteiger charge is 2.23. The van der Waals surface area contributed by atoms with E-state index in [0.29, 0.717) is 17.4 Å². The molecule has 0 aliphatic rings. The molecule has 9 heteroatoms. The van der Waals surface area contributed by atoms with Crippen molar-refractivity contribution in [2.75, 3.05) is 40.9 Å². The summed E-state index contributed by atoms with van der Waals surface area (Å²) in [5.41, 5.74) is 0. The third kappa shape index (κ3) is 49.9. The van der Waals surface area contributed by atoms with Crippen LogP contribution < -0.4 is 10.2 Å². The van der Waals surface area contributed by atoms with Crippen molar-refractivity contribution in [3.05, 3.63) is 60.8 Å². The first-order valence-electron chi connectivity index (χ1n) is 27.2. The van der Waals surface area contributed by atoms with Crippen LogP contribution in [0.5, 0.6) is 0 Å². The number of carbonyl (C=O) groups is 1. The Kier molecular flexibility index (Phi) is 46.0. The SMILES string of the molecule is CC/C=C\C/C=C\C/C=C\C/C=C\CCCCCCCCCCCCCCCCC(=O)NC(COP(=O)([O-])OCC[N+](C)(C)C)C(O)/C=C/CCCCCCCCCCCCCCCC. The van der Waals surface area contributed by atoms with Crippen molar-refractivity contribution in [3.8, 4) is 0 Å². The van der Waals surface area contributed by atoms with Crippen molar-refractivity contribution in [3.63, 3.8) is 0 Å². The number of nitrogens with one attached hydrogen (secondary N) is 1. The number of nitrogens with zero attached hydrogens (tertiary/aromatic N) is 1. The normalized spacial score (nSPS) is 14.5. The molecule has 1 amide bonds. The molecule has 0 bridgehead atoms. The zero-order valence-corrected chi connectivity index (χ0v) is 44.1. The van der Waals surface area contributed by atoms with Crippen molar-refractivity contribution in [2.24, 2.45) is 0 Å². The summed E-state index contributed by atoms with van der Waals surface area (Å²) >= 11 is 0. The Hall–Kier alpha value is -1.80. The van der Waals surface area contributed by atoms with Crippen molar-refractivity contribution in [1.29, 1.82) is 0 Å². The van der Waals surface area contributed by atoms with E-state index in [4.69, 9.17) is 9.05 Å². The number of carbonyl (C=O) groups excluding carboxylic acids is 1. The van der Waals surface area contributed by atoms with Crippen LogP contribution in [0.25, 0.3) is 0 Å². The molecule has 0 radical (unpaired) electrons. The first-order chi connectivity index (χ1) is 31.5. The van der Waals surface area contributed by atoms with Gasteiger partial charge in [0.05, 0.1) is 39.9 Å². The predicted molar refractivity (Wildman–Crippen MR) is 279 cm³/mol. The summed E-state index contributed by atoms with van der Waals surface area (Å²) < 4.78 is 23.3. The Labute approximate surface area is 402 Å². The first-order valence-corrected chi connectivity index (χ1v) is 28.6. The van der Waals surface area contributed by atoms with Gasteiger partial charge in [-0.15, -0.1) is 0 Å². The van der Waals surface area contributed by atoms with Crippen LogP contribution in [0, 0.1) is 0 Å². The molecule has 8 nitrogen and oxygen atoms in total. The molecule has 0 aliphatic carbocycles. The maximum absolute atomic E-state index is 12.9. The summed E-state index contributed by atoms with van der Waals surface area (Å²) in [4.78, 5) is 25.4. The highest BCUT2D eigenvalue weighted by Crippen LogP contribution is 2.38. The van der Waals surface area contributed by atoms with Gasteiger partial charge in [-0.25, -0.2) is 0 Å².